The Bertz CT molecular complexity index is 469. The monoisotopic (exact) mass is 227 g/mol. The van der Waals surface area contributed by atoms with Crippen molar-refractivity contribution in [1.29, 1.82) is 0 Å². The lowest BCUT2D eigenvalue weighted by atomic mass is 9.91. The van der Waals surface area contributed by atoms with E-state index in [4.69, 9.17) is 0 Å². The van der Waals surface area contributed by atoms with Crippen molar-refractivity contribution in [3.05, 3.63) is 42.2 Å². The van der Waals surface area contributed by atoms with E-state index in [1.54, 1.807) is 0 Å². The SMILES string of the molecule is c1ccc(-c2cn[nH]c2[C@@H]2CCCNC2)cc1. The molecular formula is C14H17N3. The van der Waals surface area contributed by atoms with Gasteiger partial charge in [0.1, 0.15) is 0 Å². The number of H-pyrrole nitrogens is 1. The molecule has 0 amide bonds. The summed E-state index contributed by atoms with van der Waals surface area (Å²) in [6.45, 7) is 2.20. The number of piperidine rings is 1. The van der Waals surface area contributed by atoms with Crippen molar-refractivity contribution in [3.8, 4) is 11.1 Å². The van der Waals surface area contributed by atoms with Gasteiger partial charge < -0.3 is 5.32 Å². The Kier molecular flexibility index (Phi) is 2.92. The summed E-state index contributed by atoms with van der Waals surface area (Å²) in [5.41, 5.74) is 3.78. The number of aromatic nitrogens is 2. The average Bonchev–Trinajstić information content (AvgIpc) is 2.90. The highest BCUT2D eigenvalue weighted by atomic mass is 15.1. The fraction of sp³-hybridized carbons (Fsp3) is 0.357. The lowest BCUT2D eigenvalue weighted by molar-refractivity contribution is 0.455. The third-order valence-electron chi connectivity index (χ3n) is 3.46. The molecule has 2 aromatic rings. The Morgan fingerprint density at radius 3 is 2.82 bits per heavy atom. The number of rotatable bonds is 2. The zero-order chi connectivity index (χ0) is 11.5. The molecule has 2 N–H and O–H groups in total. The van der Waals surface area contributed by atoms with Crippen LogP contribution in [-0.2, 0) is 0 Å². The third-order valence-corrected chi connectivity index (χ3v) is 3.46. The quantitative estimate of drug-likeness (QED) is 0.827. The second-order valence-corrected chi connectivity index (χ2v) is 4.61. The van der Waals surface area contributed by atoms with Crippen molar-refractivity contribution in [2.45, 2.75) is 18.8 Å². The lowest BCUT2D eigenvalue weighted by Gasteiger charge is -2.22. The number of hydrogen-bond donors (Lipinski definition) is 2. The molecule has 0 aliphatic carbocycles. The number of hydrogen-bond acceptors (Lipinski definition) is 2. The minimum atomic E-state index is 0.571. The van der Waals surface area contributed by atoms with E-state index in [9.17, 15) is 0 Å². The highest BCUT2D eigenvalue weighted by molar-refractivity contribution is 5.65. The fourth-order valence-electron chi connectivity index (χ4n) is 2.55. The van der Waals surface area contributed by atoms with Crippen LogP contribution in [0.2, 0.25) is 0 Å². The molecule has 1 fully saturated rings. The standard InChI is InChI=1S/C14H17N3/c1-2-5-11(6-3-1)13-10-16-17-14(13)12-7-4-8-15-9-12/h1-3,5-6,10,12,15H,4,7-9H2,(H,16,17)/t12-/m1/s1. The van der Waals surface area contributed by atoms with Crippen LogP contribution in [0.15, 0.2) is 36.5 Å². The second kappa shape index (κ2) is 4.72. The molecular weight excluding hydrogens is 210 g/mol. The Balaban J connectivity index is 1.93. The molecule has 1 aromatic carbocycles. The highest BCUT2D eigenvalue weighted by Crippen LogP contribution is 2.30. The Hall–Kier alpha value is -1.61. The van der Waals surface area contributed by atoms with E-state index in [2.05, 4.69) is 39.8 Å². The van der Waals surface area contributed by atoms with Gasteiger partial charge in [-0.15, -0.1) is 0 Å². The van der Waals surface area contributed by atoms with E-state index in [0.717, 1.165) is 13.1 Å². The van der Waals surface area contributed by atoms with Gasteiger partial charge >= 0.3 is 0 Å². The van der Waals surface area contributed by atoms with Gasteiger partial charge in [-0.2, -0.15) is 5.10 Å². The van der Waals surface area contributed by atoms with Crippen LogP contribution in [0.1, 0.15) is 24.5 Å². The predicted molar refractivity (Wildman–Crippen MR) is 68.9 cm³/mol. The molecule has 3 nitrogen and oxygen atoms in total. The highest BCUT2D eigenvalue weighted by Gasteiger charge is 2.20. The van der Waals surface area contributed by atoms with Crippen LogP contribution in [-0.4, -0.2) is 23.3 Å². The molecule has 0 saturated carbocycles. The van der Waals surface area contributed by atoms with E-state index in [-0.39, 0.29) is 0 Å². The Labute approximate surface area is 101 Å². The molecule has 1 aliphatic rings. The minimum absolute atomic E-state index is 0.571. The van der Waals surface area contributed by atoms with Crippen LogP contribution in [0, 0.1) is 0 Å². The summed E-state index contributed by atoms with van der Waals surface area (Å²) in [4.78, 5) is 0. The van der Waals surface area contributed by atoms with Crippen molar-refractivity contribution in [2.24, 2.45) is 0 Å². The van der Waals surface area contributed by atoms with Crippen LogP contribution >= 0.6 is 0 Å². The van der Waals surface area contributed by atoms with Crippen LogP contribution in [0.5, 0.6) is 0 Å². The molecule has 3 rings (SSSR count). The van der Waals surface area contributed by atoms with Gasteiger partial charge in [-0.3, -0.25) is 5.10 Å². The molecule has 0 spiro atoms. The van der Waals surface area contributed by atoms with Gasteiger partial charge in [-0.05, 0) is 24.9 Å². The van der Waals surface area contributed by atoms with E-state index in [0.29, 0.717) is 5.92 Å². The molecule has 1 aromatic heterocycles. The molecule has 1 saturated heterocycles. The zero-order valence-corrected chi connectivity index (χ0v) is 9.82. The lowest BCUT2D eigenvalue weighted by Crippen LogP contribution is -2.28. The average molecular weight is 227 g/mol. The Morgan fingerprint density at radius 2 is 2.06 bits per heavy atom. The van der Waals surface area contributed by atoms with Gasteiger partial charge in [0.25, 0.3) is 0 Å². The van der Waals surface area contributed by atoms with Gasteiger partial charge in [-0.1, -0.05) is 30.3 Å². The molecule has 2 heterocycles. The summed E-state index contributed by atoms with van der Waals surface area (Å²) in [5, 5.41) is 10.9. The molecule has 88 valence electrons. The molecule has 0 bridgehead atoms. The van der Waals surface area contributed by atoms with Crippen molar-refractivity contribution < 1.29 is 0 Å². The van der Waals surface area contributed by atoms with Crippen molar-refractivity contribution in [1.82, 2.24) is 15.5 Å². The number of benzene rings is 1. The van der Waals surface area contributed by atoms with E-state index >= 15 is 0 Å². The first-order valence-corrected chi connectivity index (χ1v) is 6.24. The van der Waals surface area contributed by atoms with Crippen molar-refractivity contribution >= 4 is 0 Å². The molecule has 1 atom stereocenters. The maximum Gasteiger partial charge on any atom is 0.0568 e. The minimum Gasteiger partial charge on any atom is -0.316 e. The summed E-state index contributed by atoms with van der Waals surface area (Å²) in [6.07, 6.45) is 4.44. The summed E-state index contributed by atoms with van der Waals surface area (Å²) >= 11 is 0. The second-order valence-electron chi connectivity index (χ2n) is 4.61. The van der Waals surface area contributed by atoms with Crippen molar-refractivity contribution in [3.63, 3.8) is 0 Å². The van der Waals surface area contributed by atoms with Gasteiger partial charge in [-0.25, -0.2) is 0 Å². The predicted octanol–water partition coefficient (Wildman–Crippen LogP) is 2.54. The third kappa shape index (κ3) is 2.11. The maximum atomic E-state index is 4.22. The normalized spacial score (nSPS) is 20.4. The smallest absolute Gasteiger partial charge is 0.0568 e. The zero-order valence-electron chi connectivity index (χ0n) is 9.82. The van der Waals surface area contributed by atoms with Crippen LogP contribution in [0.3, 0.4) is 0 Å². The van der Waals surface area contributed by atoms with Gasteiger partial charge in [0.2, 0.25) is 0 Å². The van der Waals surface area contributed by atoms with E-state index < -0.39 is 0 Å². The molecule has 17 heavy (non-hydrogen) atoms. The largest absolute Gasteiger partial charge is 0.316 e. The number of aromatic amines is 1. The topological polar surface area (TPSA) is 40.7 Å². The van der Waals surface area contributed by atoms with Gasteiger partial charge in [0.15, 0.2) is 0 Å². The van der Waals surface area contributed by atoms with Crippen LogP contribution in [0.25, 0.3) is 11.1 Å². The van der Waals surface area contributed by atoms with E-state index in [1.807, 2.05) is 12.3 Å². The van der Waals surface area contributed by atoms with Crippen molar-refractivity contribution in [2.75, 3.05) is 13.1 Å². The first-order valence-electron chi connectivity index (χ1n) is 6.24. The van der Waals surface area contributed by atoms with E-state index in [1.165, 1.54) is 29.7 Å². The first kappa shape index (κ1) is 10.5. The Morgan fingerprint density at radius 1 is 1.18 bits per heavy atom. The summed E-state index contributed by atoms with van der Waals surface area (Å²) in [7, 11) is 0. The first-order chi connectivity index (χ1) is 8.45. The summed E-state index contributed by atoms with van der Waals surface area (Å²) < 4.78 is 0. The maximum absolute atomic E-state index is 4.22. The number of nitrogens with one attached hydrogen (secondary N) is 2. The summed E-state index contributed by atoms with van der Waals surface area (Å²) in [5.74, 6) is 0.571. The summed E-state index contributed by atoms with van der Waals surface area (Å²) in [6, 6.07) is 10.5. The van der Waals surface area contributed by atoms with Crippen LogP contribution in [0.4, 0.5) is 0 Å². The van der Waals surface area contributed by atoms with Gasteiger partial charge in [0, 0.05) is 23.7 Å². The molecule has 0 radical (unpaired) electrons. The van der Waals surface area contributed by atoms with Gasteiger partial charge in [0.05, 0.1) is 6.20 Å². The molecule has 0 unspecified atom stereocenters. The molecule has 3 heteroatoms. The van der Waals surface area contributed by atoms with Crippen LogP contribution < -0.4 is 5.32 Å². The number of nitrogens with zero attached hydrogens (tertiary/aromatic N) is 1. The molecule has 1 aliphatic heterocycles. The fourth-order valence-corrected chi connectivity index (χ4v) is 2.55.